The highest BCUT2D eigenvalue weighted by Gasteiger charge is 2.17. The zero-order valence-electron chi connectivity index (χ0n) is 12.6. The topological polar surface area (TPSA) is 60.9 Å². The lowest BCUT2D eigenvalue weighted by atomic mass is 10.1. The maximum absolute atomic E-state index is 11.4. The van der Waals surface area contributed by atoms with Gasteiger partial charge in [0.05, 0.1) is 0 Å². The van der Waals surface area contributed by atoms with E-state index < -0.39 is 0 Å². The SMILES string of the molecule is CC(=O)c1ccc(O)c(CN2CCCN(C(C)=O)CC2)c1. The number of rotatable bonds is 3. The summed E-state index contributed by atoms with van der Waals surface area (Å²) >= 11 is 0. The average Bonchev–Trinajstić information content (AvgIpc) is 2.66. The highest BCUT2D eigenvalue weighted by atomic mass is 16.3. The third-order valence-corrected chi connectivity index (χ3v) is 3.91. The Bertz CT molecular complexity index is 542. The summed E-state index contributed by atoms with van der Waals surface area (Å²) < 4.78 is 0. The Balaban J connectivity index is 2.06. The number of Topliss-reactive ketones (excluding diaryl/α,β-unsaturated/α-hetero) is 1. The number of ketones is 1. The number of carbonyl (C=O) groups excluding carboxylic acids is 2. The van der Waals surface area contributed by atoms with Crippen molar-refractivity contribution in [3.63, 3.8) is 0 Å². The van der Waals surface area contributed by atoms with Gasteiger partial charge < -0.3 is 10.0 Å². The molecule has 0 bridgehead atoms. The number of benzene rings is 1. The molecular formula is C16H22N2O3. The van der Waals surface area contributed by atoms with Gasteiger partial charge in [0.25, 0.3) is 0 Å². The van der Waals surface area contributed by atoms with E-state index in [0.29, 0.717) is 18.7 Å². The Morgan fingerprint density at radius 1 is 1.14 bits per heavy atom. The van der Waals surface area contributed by atoms with Gasteiger partial charge in [-0.05, 0) is 31.5 Å². The van der Waals surface area contributed by atoms with Gasteiger partial charge in [0.2, 0.25) is 5.91 Å². The van der Waals surface area contributed by atoms with E-state index in [1.807, 2.05) is 4.90 Å². The maximum Gasteiger partial charge on any atom is 0.219 e. The predicted octanol–water partition coefficient (Wildman–Crippen LogP) is 1.65. The number of nitrogens with zero attached hydrogens (tertiary/aromatic N) is 2. The first-order chi connectivity index (χ1) is 9.97. The van der Waals surface area contributed by atoms with Gasteiger partial charge in [0.1, 0.15) is 5.75 Å². The van der Waals surface area contributed by atoms with Crippen LogP contribution in [0.3, 0.4) is 0 Å². The fraction of sp³-hybridized carbons (Fsp3) is 0.500. The first kappa shape index (κ1) is 15.5. The van der Waals surface area contributed by atoms with Crippen molar-refractivity contribution in [1.29, 1.82) is 0 Å². The second kappa shape index (κ2) is 6.72. The van der Waals surface area contributed by atoms with Crippen molar-refractivity contribution >= 4 is 11.7 Å². The van der Waals surface area contributed by atoms with E-state index in [-0.39, 0.29) is 17.4 Å². The third kappa shape index (κ3) is 4.04. The van der Waals surface area contributed by atoms with Crippen molar-refractivity contribution in [2.45, 2.75) is 26.8 Å². The first-order valence-electron chi connectivity index (χ1n) is 7.28. The van der Waals surface area contributed by atoms with Gasteiger partial charge in [-0.1, -0.05) is 0 Å². The molecule has 1 aromatic rings. The van der Waals surface area contributed by atoms with E-state index in [9.17, 15) is 14.7 Å². The molecular weight excluding hydrogens is 268 g/mol. The Morgan fingerprint density at radius 3 is 2.57 bits per heavy atom. The molecule has 0 atom stereocenters. The molecule has 1 fully saturated rings. The molecule has 0 aromatic heterocycles. The van der Waals surface area contributed by atoms with Crippen molar-refractivity contribution in [1.82, 2.24) is 9.80 Å². The number of amides is 1. The van der Waals surface area contributed by atoms with Crippen LogP contribution in [0.15, 0.2) is 18.2 Å². The highest BCUT2D eigenvalue weighted by molar-refractivity contribution is 5.94. The second-order valence-corrected chi connectivity index (χ2v) is 5.54. The third-order valence-electron chi connectivity index (χ3n) is 3.91. The smallest absolute Gasteiger partial charge is 0.219 e. The first-order valence-corrected chi connectivity index (χ1v) is 7.28. The molecule has 1 heterocycles. The number of hydrogen-bond acceptors (Lipinski definition) is 4. The Morgan fingerprint density at radius 2 is 1.90 bits per heavy atom. The van der Waals surface area contributed by atoms with Crippen molar-refractivity contribution in [3.05, 3.63) is 29.3 Å². The molecule has 21 heavy (non-hydrogen) atoms. The molecule has 5 heteroatoms. The highest BCUT2D eigenvalue weighted by Crippen LogP contribution is 2.21. The van der Waals surface area contributed by atoms with Crippen LogP contribution >= 0.6 is 0 Å². The van der Waals surface area contributed by atoms with E-state index in [1.165, 1.54) is 6.92 Å². The molecule has 1 N–H and O–H groups in total. The Hall–Kier alpha value is -1.88. The van der Waals surface area contributed by atoms with Gasteiger partial charge in [0, 0.05) is 50.8 Å². The monoisotopic (exact) mass is 290 g/mol. The van der Waals surface area contributed by atoms with Crippen LogP contribution in [0.1, 0.15) is 36.2 Å². The average molecular weight is 290 g/mol. The van der Waals surface area contributed by atoms with Crippen LogP contribution in [0.5, 0.6) is 5.75 Å². The molecule has 1 aliphatic heterocycles. The largest absolute Gasteiger partial charge is 0.508 e. The molecule has 0 saturated carbocycles. The molecule has 2 rings (SSSR count). The molecule has 0 radical (unpaired) electrons. The quantitative estimate of drug-likeness (QED) is 0.860. The van der Waals surface area contributed by atoms with E-state index in [1.54, 1.807) is 25.1 Å². The number of hydrogen-bond donors (Lipinski definition) is 1. The van der Waals surface area contributed by atoms with Crippen LogP contribution in [-0.2, 0) is 11.3 Å². The van der Waals surface area contributed by atoms with Gasteiger partial charge in [-0.3, -0.25) is 14.5 Å². The molecule has 1 aromatic carbocycles. The second-order valence-electron chi connectivity index (χ2n) is 5.54. The zero-order chi connectivity index (χ0) is 15.4. The van der Waals surface area contributed by atoms with E-state index in [0.717, 1.165) is 31.6 Å². The van der Waals surface area contributed by atoms with Crippen molar-refractivity contribution in [2.75, 3.05) is 26.2 Å². The van der Waals surface area contributed by atoms with E-state index in [4.69, 9.17) is 0 Å². The lowest BCUT2D eigenvalue weighted by molar-refractivity contribution is -0.128. The summed E-state index contributed by atoms with van der Waals surface area (Å²) in [5.41, 5.74) is 1.38. The normalized spacial score (nSPS) is 16.6. The Labute approximate surface area is 125 Å². The van der Waals surface area contributed by atoms with Gasteiger partial charge in [-0.15, -0.1) is 0 Å². The molecule has 0 unspecified atom stereocenters. The van der Waals surface area contributed by atoms with E-state index >= 15 is 0 Å². The van der Waals surface area contributed by atoms with Crippen LogP contribution in [0, 0.1) is 0 Å². The summed E-state index contributed by atoms with van der Waals surface area (Å²) in [5.74, 6) is 0.320. The fourth-order valence-electron chi connectivity index (χ4n) is 2.62. The summed E-state index contributed by atoms with van der Waals surface area (Å²) in [7, 11) is 0. The van der Waals surface area contributed by atoms with Gasteiger partial charge in [-0.2, -0.15) is 0 Å². The number of aromatic hydroxyl groups is 1. The number of phenolic OH excluding ortho intramolecular Hbond substituents is 1. The van der Waals surface area contributed by atoms with Crippen LogP contribution in [0.25, 0.3) is 0 Å². The molecule has 1 aliphatic rings. The maximum atomic E-state index is 11.4. The molecule has 1 amide bonds. The predicted molar refractivity (Wildman–Crippen MR) is 80.3 cm³/mol. The minimum absolute atomic E-state index is 0.00475. The van der Waals surface area contributed by atoms with E-state index in [2.05, 4.69) is 4.90 Å². The standard InChI is InChI=1S/C16H22N2O3/c1-12(19)14-4-5-16(21)15(10-14)11-17-6-3-7-18(9-8-17)13(2)20/h4-5,10,21H,3,6-9,11H2,1-2H3. The minimum atomic E-state index is -0.00475. The summed E-state index contributed by atoms with van der Waals surface area (Å²) in [4.78, 5) is 26.9. The number of carbonyl (C=O) groups is 2. The lowest BCUT2D eigenvalue weighted by Crippen LogP contribution is -2.33. The fourth-order valence-corrected chi connectivity index (χ4v) is 2.62. The molecule has 1 saturated heterocycles. The van der Waals surface area contributed by atoms with Crippen molar-refractivity contribution in [3.8, 4) is 5.75 Å². The molecule has 0 spiro atoms. The van der Waals surface area contributed by atoms with Crippen LogP contribution in [0.2, 0.25) is 0 Å². The summed E-state index contributed by atoms with van der Waals surface area (Å²) in [5, 5.41) is 9.96. The van der Waals surface area contributed by atoms with Gasteiger partial charge in [0.15, 0.2) is 5.78 Å². The summed E-state index contributed by atoms with van der Waals surface area (Å²) in [6.07, 6.45) is 0.923. The van der Waals surface area contributed by atoms with Crippen molar-refractivity contribution in [2.24, 2.45) is 0 Å². The van der Waals surface area contributed by atoms with Crippen LogP contribution in [-0.4, -0.2) is 52.8 Å². The zero-order valence-corrected chi connectivity index (χ0v) is 12.6. The van der Waals surface area contributed by atoms with Crippen molar-refractivity contribution < 1.29 is 14.7 Å². The molecule has 5 nitrogen and oxygen atoms in total. The minimum Gasteiger partial charge on any atom is -0.508 e. The number of phenols is 1. The lowest BCUT2D eigenvalue weighted by Gasteiger charge is -2.21. The Kier molecular flexibility index (Phi) is 4.96. The van der Waals surface area contributed by atoms with Crippen LogP contribution < -0.4 is 0 Å². The van der Waals surface area contributed by atoms with Gasteiger partial charge in [-0.25, -0.2) is 0 Å². The molecule has 114 valence electrons. The summed E-state index contributed by atoms with van der Waals surface area (Å²) in [6.45, 7) is 6.87. The van der Waals surface area contributed by atoms with Crippen LogP contribution in [0.4, 0.5) is 0 Å². The summed E-state index contributed by atoms with van der Waals surface area (Å²) in [6, 6.07) is 4.97. The molecule has 0 aliphatic carbocycles. The van der Waals surface area contributed by atoms with Gasteiger partial charge >= 0.3 is 0 Å².